The molecule has 0 radical (unpaired) electrons. The Kier molecular flexibility index (Phi) is 7.54. The van der Waals surface area contributed by atoms with Crippen molar-refractivity contribution in [1.29, 1.82) is 0 Å². The van der Waals surface area contributed by atoms with Crippen LogP contribution in [0.3, 0.4) is 0 Å². The maximum atomic E-state index is 11.2. The van der Waals surface area contributed by atoms with Crippen molar-refractivity contribution in [2.24, 2.45) is 5.92 Å². The summed E-state index contributed by atoms with van der Waals surface area (Å²) in [5.74, 6) is -0.0196. The van der Waals surface area contributed by atoms with E-state index in [4.69, 9.17) is 4.74 Å². The fourth-order valence-electron chi connectivity index (χ4n) is 1.48. The topological polar surface area (TPSA) is 26.3 Å². The van der Waals surface area contributed by atoms with Gasteiger partial charge in [0.1, 0.15) is 6.10 Å². The van der Waals surface area contributed by atoms with Gasteiger partial charge >= 0.3 is 5.97 Å². The average Bonchev–Trinajstić information content (AvgIpc) is 2.22. The normalized spacial score (nSPS) is 17.2. The minimum Gasteiger partial charge on any atom is -0.462 e. The van der Waals surface area contributed by atoms with Crippen molar-refractivity contribution in [3.8, 4) is 0 Å². The van der Waals surface area contributed by atoms with Crippen LogP contribution in [0.1, 0.15) is 59.8 Å². The first-order valence-electron chi connectivity index (χ1n) is 5.90. The predicted octanol–water partition coefficient (Wildman–Crippen LogP) is 3.54. The van der Waals surface area contributed by atoms with Crippen molar-refractivity contribution < 1.29 is 9.53 Å². The van der Waals surface area contributed by atoms with E-state index >= 15 is 0 Å². The van der Waals surface area contributed by atoms with Gasteiger partial charge in [-0.25, -0.2) is 0 Å². The molecule has 1 aliphatic carbocycles. The van der Waals surface area contributed by atoms with E-state index in [0.29, 0.717) is 0 Å². The molecule has 0 heterocycles. The lowest BCUT2D eigenvalue weighted by Crippen LogP contribution is -2.23. The Labute approximate surface area is 88.0 Å². The molecule has 0 saturated heterocycles. The van der Waals surface area contributed by atoms with Crippen molar-refractivity contribution in [3.63, 3.8) is 0 Å². The molecule has 0 aliphatic heterocycles. The Morgan fingerprint density at radius 1 is 1.14 bits per heavy atom. The fourth-order valence-corrected chi connectivity index (χ4v) is 1.48. The molecule has 0 unspecified atom stereocenters. The Balaban J connectivity index is 0.000000791. The number of carbonyl (C=O) groups excluding carboxylic acids is 1. The van der Waals surface area contributed by atoms with Crippen LogP contribution in [-0.2, 0) is 9.53 Å². The minimum atomic E-state index is -0.0399. The van der Waals surface area contributed by atoms with Crippen LogP contribution in [0, 0.1) is 5.92 Å². The quantitative estimate of drug-likeness (QED) is 0.637. The molecular formula is C12H24O2. The summed E-state index contributed by atoms with van der Waals surface area (Å²) in [6, 6.07) is 0. The molecular weight excluding hydrogens is 176 g/mol. The second kappa shape index (κ2) is 7.84. The second-order valence-electron chi connectivity index (χ2n) is 3.85. The van der Waals surface area contributed by atoms with Gasteiger partial charge in [-0.3, -0.25) is 4.79 Å². The molecule has 0 aromatic carbocycles. The van der Waals surface area contributed by atoms with Crippen LogP contribution in [0.4, 0.5) is 0 Å². The number of hydrogen-bond donors (Lipinski definition) is 0. The molecule has 0 bridgehead atoms. The highest BCUT2D eigenvalue weighted by Crippen LogP contribution is 2.21. The van der Waals surface area contributed by atoms with Gasteiger partial charge in [0.2, 0.25) is 0 Å². The highest BCUT2D eigenvalue weighted by Gasteiger charge is 2.18. The van der Waals surface area contributed by atoms with Gasteiger partial charge in [-0.05, 0) is 25.7 Å². The molecule has 0 spiro atoms. The van der Waals surface area contributed by atoms with Crippen LogP contribution in [-0.4, -0.2) is 12.1 Å². The first kappa shape index (κ1) is 13.5. The molecule has 0 N–H and O–H groups in total. The molecule has 14 heavy (non-hydrogen) atoms. The number of hydrogen-bond acceptors (Lipinski definition) is 2. The van der Waals surface area contributed by atoms with Gasteiger partial charge in [-0.15, -0.1) is 0 Å². The van der Waals surface area contributed by atoms with Crippen LogP contribution in [0.5, 0.6) is 0 Å². The monoisotopic (exact) mass is 200 g/mol. The van der Waals surface area contributed by atoms with E-state index in [9.17, 15) is 4.79 Å². The summed E-state index contributed by atoms with van der Waals surface area (Å²) < 4.78 is 5.31. The van der Waals surface area contributed by atoms with Gasteiger partial charge in [0.05, 0.1) is 5.92 Å². The SMILES string of the molecule is CC.CC(C)C(=O)OC1CCCCC1. The lowest BCUT2D eigenvalue weighted by atomic mass is 9.98. The molecule has 0 aromatic heterocycles. The van der Waals surface area contributed by atoms with Crippen LogP contribution in [0.25, 0.3) is 0 Å². The van der Waals surface area contributed by atoms with Crippen molar-refractivity contribution >= 4 is 5.97 Å². The average molecular weight is 200 g/mol. The Hall–Kier alpha value is -0.530. The lowest BCUT2D eigenvalue weighted by Gasteiger charge is -2.22. The smallest absolute Gasteiger partial charge is 0.308 e. The zero-order valence-corrected chi connectivity index (χ0v) is 10.0. The maximum Gasteiger partial charge on any atom is 0.308 e. The molecule has 1 fully saturated rings. The number of ether oxygens (including phenoxy) is 1. The van der Waals surface area contributed by atoms with Gasteiger partial charge in [0.25, 0.3) is 0 Å². The van der Waals surface area contributed by atoms with Gasteiger partial charge in [0.15, 0.2) is 0 Å². The van der Waals surface area contributed by atoms with Gasteiger partial charge in [-0.1, -0.05) is 34.1 Å². The first-order valence-corrected chi connectivity index (χ1v) is 5.90. The molecule has 0 amide bonds. The van der Waals surface area contributed by atoms with Gasteiger partial charge < -0.3 is 4.74 Å². The van der Waals surface area contributed by atoms with Crippen LogP contribution in [0.15, 0.2) is 0 Å². The summed E-state index contributed by atoms with van der Waals surface area (Å²) in [5.41, 5.74) is 0. The highest BCUT2D eigenvalue weighted by molar-refractivity contribution is 5.71. The third-order valence-corrected chi connectivity index (χ3v) is 2.31. The zero-order valence-electron chi connectivity index (χ0n) is 10.0. The molecule has 2 heteroatoms. The van der Waals surface area contributed by atoms with E-state index < -0.39 is 0 Å². The van der Waals surface area contributed by atoms with Crippen molar-refractivity contribution in [2.75, 3.05) is 0 Å². The minimum absolute atomic E-state index is 0.0203. The number of rotatable bonds is 2. The van der Waals surface area contributed by atoms with Crippen molar-refractivity contribution in [2.45, 2.75) is 65.9 Å². The van der Waals surface area contributed by atoms with Gasteiger partial charge in [0, 0.05) is 0 Å². The summed E-state index contributed by atoms with van der Waals surface area (Å²) in [7, 11) is 0. The van der Waals surface area contributed by atoms with Crippen molar-refractivity contribution in [3.05, 3.63) is 0 Å². The van der Waals surface area contributed by atoms with Crippen LogP contribution >= 0.6 is 0 Å². The first-order chi connectivity index (χ1) is 6.70. The van der Waals surface area contributed by atoms with Gasteiger partial charge in [-0.2, -0.15) is 0 Å². The Bertz CT molecular complexity index is 146. The summed E-state index contributed by atoms with van der Waals surface area (Å²) in [6.45, 7) is 7.76. The van der Waals surface area contributed by atoms with E-state index in [1.54, 1.807) is 0 Å². The van der Waals surface area contributed by atoms with Crippen LogP contribution in [0.2, 0.25) is 0 Å². The largest absolute Gasteiger partial charge is 0.462 e. The van der Waals surface area contributed by atoms with E-state index in [0.717, 1.165) is 12.8 Å². The van der Waals surface area contributed by atoms with E-state index in [2.05, 4.69) is 0 Å². The molecule has 1 saturated carbocycles. The predicted molar refractivity (Wildman–Crippen MR) is 59.2 cm³/mol. The molecule has 84 valence electrons. The molecule has 0 atom stereocenters. The highest BCUT2D eigenvalue weighted by atomic mass is 16.5. The van der Waals surface area contributed by atoms with Crippen molar-refractivity contribution in [1.82, 2.24) is 0 Å². The maximum absolute atomic E-state index is 11.2. The zero-order chi connectivity index (χ0) is 11.0. The summed E-state index contributed by atoms with van der Waals surface area (Å²) in [4.78, 5) is 11.2. The molecule has 0 aromatic rings. The lowest BCUT2D eigenvalue weighted by molar-refractivity contribution is -0.154. The van der Waals surface area contributed by atoms with E-state index in [1.165, 1.54) is 19.3 Å². The van der Waals surface area contributed by atoms with E-state index in [1.807, 2.05) is 27.7 Å². The third-order valence-electron chi connectivity index (χ3n) is 2.31. The number of esters is 1. The summed E-state index contributed by atoms with van der Waals surface area (Å²) in [6.07, 6.45) is 6.09. The number of carbonyl (C=O) groups is 1. The Morgan fingerprint density at radius 2 is 1.64 bits per heavy atom. The van der Waals surface area contributed by atoms with E-state index in [-0.39, 0.29) is 18.0 Å². The molecule has 2 nitrogen and oxygen atoms in total. The molecule has 1 aliphatic rings. The third kappa shape index (κ3) is 5.25. The molecule has 1 rings (SSSR count). The summed E-state index contributed by atoms with van der Waals surface area (Å²) in [5, 5.41) is 0. The standard InChI is InChI=1S/C10H18O2.C2H6/c1-8(2)10(11)12-9-6-4-3-5-7-9;1-2/h8-9H,3-7H2,1-2H3;1-2H3. The second-order valence-corrected chi connectivity index (χ2v) is 3.85. The fraction of sp³-hybridized carbons (Fsp3) is 0.917. The van der Waals surface area contributed by atoms with Crippen LogP contribution < -0.4 is 0 Å². The summed E-state index contributed by atoms with van der Waals surface area (Å²) >= 11 is 0. The Morgan fingerprint density at radius 3 is 2.07 bits per heavy atom.